The van der Waals surface area contributed by atoms with Crippen LogP contribution in [0.4, 0.5) is 4.39 Å². The molecule has 21 heavy (non-hydrogen) atoms. The van der Waals surface area contributed by atoms with Gasteiger partial charge in [0.05, 0.1) is 5.41 Å². The Balaban J connectivity index is 1.62. The zero-order chi connectivity index (χ0) is 14.7. The Bertz CT molecular complexity index is 616. The standard InChI is InChI=1S/C12H12FN3O5/c13-5-7-14-10(21-15-7)11-1-2-12(16(6-11)4-3-11)19-8(17)9(18)20-12/h1-6H2. The number of carbonyl (C=O) groups is 2. The Labute approximate surface area is 118 Å². The quantitative estimate of drug-likeness (QED) is 0.557. The van der Waals surface area contributed by atoms with E-state index in [0.29, 0.717) is 38.2 Å². The van der Waals surface area contributed by atoms with Crippen LogP contribution >= 0.6 is 0 Å². The molecule has 8 nitrogen and oxygen atoms in total. The summed E-state index contributed by atoms with van der Waals surface area (Å²) in [7, 11) is 0. The van der Waals surface area contributed by atoms with Crippen molar-refractivity contribution in [3.8, 4) is 0 Å². The molecule has 2 unspecified atom stereocenters. The van der Waals surface area contributed by atoms with Gasteiger partial charge in [-0.05, 0) is 12.8 Å². The van der Waals surface area contributed by atoms with Crippen molar-refractivity contribution in [1.82, 2.24) is 15.0 Å². The van der Waals surface area contributed by atoms with Crippen LogP contribution in [-0.4, -0.2) is 46.0 Å². The number of halogens is 1. The highest BCUT2D eigenvalue weighted by Crippen LogP contribution is 2.49. The third-order valence-corrected chi connectivity index (χ3v) is 4.47. The molecule has 0 N–H and O–H groups in total. The van der Waals surface area contributed by atoms with Crippen LogP contribution in [0.25, 0.3) is 0 Å². The highest BCUT2D eigenvalue weighted by molar-refractivity contribution is 6.31. The molecule has 4 rings (SSSR count). The van der Waals surface area contributed by atoms with Gasteiger partial charge < -0.3 is 14.0 Å². The van der Waals surface area contributed by atoms with Crippen molar-refractivity contribution in [2.45, 2.75) is 37.3 Å². The maximum absolute atomic E-state index is 12.6. The maximum Gasteiger partial charge on any atom is 0.421 e. The number of carbonyl (C=O) groups excluding carboxylic acids is 2. The number of piperidine rings is 1. The molecular formula is C12H12FN3O5. The third-order valence-electron chi connectivity index (χ3n) is 4.47. The van der Waals surface area contributed by atoms with Crippen LogP contribution < -0.4 is 0 Å². The second kappa shape index (κ2) is 4.00. The molecule has 1 spiro atoms. The summed E-state index contributed by atoms with van der Waals surface area (Å²) < 4.78 is 28.0. The van der Waals surface area contributed by atoms with Crippen LogP contribution in [0.5, 0.6) is 0 Å². The average molecular weight is 297 g/mol. The number of fused-ring (bicyclic) bond motifs is 3. The van der Waals surface area contributed by atoms with Gasteiger partial charge in [0, 0.05) is 19.5 Å². The molecule has 0 saturated carbocycles. The van der Waals surface area contributed by atoms with Crippen molar-refractivity contribution in [3.05, 3.63) is 11.7 Å². The lowest BCUT2D eigenvalue weighted by atomic mass is 9.80. The van der Waals surface area contributed by atoms with Gasteiger partial charge in [0.2, 0.25) is 11.7 Å². The number of aromatic nitrogens is 2. The molecule has 3 aliphatic rings. The minimum atomic E-state index is -1.29. The van der Waals surface area contributed by atoms with E-state index in [1.54, 1.807) is 4.90 Å². The van der Waals surface area contributed by atoms with E-state index in [1.165, 1.54) is 0 Å². The van der Waals surface area contributed by atoms with Gasteiger partial charge in [-0.1, -0.05) is 5.16 Å². The molecule has 0 aromatic carbocycles. The molecule has 2 atom stereocenters. The Kier molecular flexibility index (Phi) is 2.42. The first kappa shape index (κ1) is 12.7. The molecule has 4 heterocycles. The van der Waals surface area contributed by atoms with Crippen LogP contribution in [0, 0.1) is 0 Å². The number of esters is 2. The summed E-state index contributed by atoms with van der Waals surface area (Å²) in [5.74, 6) is -2.81. The van der Waals surface area contributed by atoms with E-state index in [1.807, 2.05) is 0 Å². The van der Waals surface area contributed by atoms with E-state index >= 15 is 0 Å². The van der Waals surface area contributed by atoms with Crippen LogP contribution in [0.15, 0.2) is 4.52 Å². The molecular weight excluding hydrogens is 285 g/mol. The van der Waals surface area contributed by atoms with Gasteiger partial charge in [-0.2, -0.15) is 4.98 Å². The molecule has 2 bridgehead atoms. The van der Waals surface area contributed by atoms with Crippen molar-refractivity contribution in [2.75, 3.05) is 13.1 Å². The van der Waals surface area contributed by atoms with E-state index in [4.69, 9.17) is 14.0 Å². The summed E-state index contributed by atoms with van der Waals surface area (Å²) in [5.41, 5.74) is -0.396. The lowest BCUT2D eigenvalue weighted by molar-refractivity contribution is -0.259. The van der Waals surface area contributed by atoms with Crippen LogP contribution in [0.2, 0.25) is 0 Å². The number of alkyl halides is 1. The molecule has 1 aromatic rings. The molecule has 1 aromatic heterocycles. The monoisotopic (exact) mass is 297 g/mol. The number of ether oxygens (including phenoxy) is 2. The second-order valence-electron chi connectivity index (χ2n) is 5.59. The zero-order valence-corrected chi connectivity index (χ0v) is 11.0. The minimum Gasteiger partial charge on any atom is -0.400 e. The van der Waals surface area contributed by atoms with E-state index < -0.39 is 29.9 Å². The largest absolute Gasteiger partial charge is 0.421 e. The first-order valence-electron chi connectivity index (χ1n) is 6.67. The van der Waals surface area contributed by atoms with Gasteiger partial charge in [-0.3, -0.25) is 0 Å². The Morgan fingerprint density at radius 1 is 1.19 bits per heavy atom. The highest BCUT2D eigenvalue weighted by atomic mass is 19.1. The molecule has 0 amide bonds. The number of hydrogen-bond donors (Lipinski definition) is 0. The van der Waals surface area contributed by atoms with Crippen LogP contribution in [0.3, 0.4) is 0 Å². The van der Waals surface area contributed by atoms with Crippen LogP contribution in [-0.2, 0) is 31.2 Å². The molecule has 9 heteroatoms. The summed E-state index contributed by atoms with van der Waals surface area (Å²) in [6.45, 7) is 0.248. The zero-order valence-electron chi connectivity index (χ0n) is 11.0. The molecule has 0 aliphatic carbocycles. The van der Waals surface area contributed by atoms with E-state index in [2.05, 4.69) is 10.1 Å². The van der Waals surface area contributed by atoms with Crippen molar-refractivity contribution >= 4 is 11.9 Å². The Morgan fingerprint density at radius 2 is 1.95 bits per heavy atom. The Morgan fingerprint density at radius 3 is 2.62 bits per heavy atom. The normalized spacial score (nSPS) is 33.3. The molecule has 112 valence electrons. The Hall–Kier alpha value is -2.03. The van der Waals surface area contributed by atoms with Crippen molar-refractivity contribution in [3.63, 3.8) is 0 Å². The van der Waals surface area contributed by atoms with E-state index in [-0.39, 0.29) is 5.82 Å². The summed E-state index contributed by atoms with van der Waals surface area (Å²) >= 11 is 0. The van der Waals surface area contributed by atoms with Gasteiger partial charge in [0.15, 0.2) is 6.67 Å². The molecule has 0 radical (unpaired) electrons. The van der Waals surface area contributed by atoms with Crippen molar-refractivity contribution in [2.24, 2.45) is 0 Å². The topological polar surface area (TPSA) is 94.8 Å². The predicted molar refractivity (Wildman–Crippen MR) is 61.1 cm³/mol. The number of nitrogens with zero attached hydrogens (tertiary/aromatic N) is 3. The number of rotatable bonds is 2. The summed E-state index contributed by atoms with van der Waals surface area (Å²) in [4.78, 5) is 28.5. The molecule has 3 saturated heterocycles. The summed E-state index contributed by atoms with van der Waals surface area (Å²) in [6, 6.07) is 0. The maximum atomic E-state index is 12.6. The van der Waals surface area contributed by atoms with Gasteiger partial charge >= 0.3 is 17.8 Å². The first-order valence-corrected chi connectivity index (χ1v) is 6.67. The molecule has 3 aliphatic heterocycles. The summed E-state index contributed by atoms with van der Waals surface area (Å²) in [5, 5.41) is 3.58. The predicted octanol–water partition coefficient (Wildman–Crippen LogP) is 0.0302. The first-order chi connectivity index (χ1) is 10.1. The fourth-order valence-electron chi connectivity index (χ4n) is 3.35. The lowest BCUT2D eigenvalue weighted by Crippen LogP contribution is -2.54. The fourth-order valence-corrected chi connectivity index (χ4v) is 3.35. The van der Waals surface area contributed by atoms with Gasteiger partial charge in [-0.25, -0.2) is 18.9 Å². The highest BCUT2D eigenvalue weighted by Gasteiger charge is 2.62. The lowest BCUT2D eigenvalue weighted by Gasteiger charge is -2.40. The average Bonchev–Trinajstić information content (AvgIpc) is 3.15. The second-order valence-corrected chi connectivity index (χ2v) is 5.59. The summed E-state index contributed by atoms with van der Waals surface area (Å²) in [6.07, 6.45) is 1.58. The fraction of sp³-hybridized carbons (Fsp3) is 0.667. The van der Waals surface area contributed by atoms with Gasteiger partial charge in [0.25, 0.3) is 0 Å². The SMILES string of the molecule is O=C1OC2(CCC3(c4nc(CF)no4)CCN2C3)OC1=O. The van der Waals surface area contributed by atoms with E-state index in [9.17, 15) is 14.0 Å². The third kappa shape index (κ3) is 1.63. The minimum absolute atomic E-state index is 0.0248. The molecule has 3 fully saturated rings. The van der Waals surface area contributed by atoms with Crippen molar-refractivity contribution < 1.29 is 28.0 Å². The number of hydrogen-bond acceptors (Lipinski definition) is 8. The van der Waals surface area contributed by atoms with Crippen LogP contribution in [0.1, 0.15) is 31.0 Å². The van der Waals surface area contributed by atoms with Gasteiger partial charge in [-0.15, -0.1) is 0 Å². The van der Waals surface area contributed by atoms with E-state index in [0.717, 1.165) is 0 Å². The van der Waals surface area contributed by atoms with Crippen molar-refractivity contribution in [1.29, 1.82) is 0 Å². The van der Waals surface area contributed by atoms with Gasteiger partial charge in [0.1, 0.15) is 0 Å². The smallest absolute Gasteiger partial charge is 0.400 e.